The van der Waals surface area contributed by atoms with E-state index in [4.69, 9.17) is 14.2 Å². The van der Waals surface area contributed by atoms with Crippen molar-refractivity contribution in [3.8, 4) is 17.2 Å². The molecule has 2 aliphatic rings. The zero-order chi connectivity index (χ0) is 19.7. The SMILES string of the molecule is COc1cc(OC)c(C2CC(=O)N(N(C)C)C3=C2C(=O)CCC3)cc1OC. The molecule has 7 heteroatoms. The number of allylic oxidation sites excluding steroid dienone is 2. The van der Waals surface area contributed by atoms with Crippen molar-refractivity contribution in [3.05, 3.63) is 29.0 Å². The first kappa shape index (κ1) is 19.2. The number of nitrogens with zero attached hydrogens (tertiary/aromatic N) is 2. The van der Waals surface area contributed by atoms with Gasteiger partial charge in [0.25, 0.3) is 0 Å². The van der Waals surface area contributed by atoms with Crippen molar-refractivity contribution in [2.45, 2.75) is 31.6 Å². The van der Waals surface area contributed by atoms with Gasteiger partial charge in [0.2, 0.25) is 5.91 Å². The molecule has 0 fully saturated rings. The standard InChI is InChI=1S/C20H26N2O5/c1-21(2)22-14-7-6-8-15(23)20(14)13(10-19(22)24)12-9-17(26-4)18(27-5)11-16(12)25-3/h9,11,13H,6-8,10H2,1-5H3. The van der Waals surface area contributed by atoms with Crippen LogP contribution in [0.4, 0.5) is 0 Å². The van der Waals surface area contributed by atoms with Gasteiger partial charge in [-0.15, -0.1) is 0 Å². The van der Waals surface area contributed by atoms with Crippen LogP contribution in [0.25, 0.3) is 0 Å². The highest BCUT2D eigenvalue weighted by atomic mass is 16.5. The first-order valence-electron chi connectivity index (χ1n) is 8.99. The third-order valence-electron chi connectivity index (χ3n) is 5.16. The van der Waals surface area contributed by atoms with E-state index >= 15 is 0 Å². The van der Waals surface area contributed by atoms with Crippen LogP contribution in [0.15, 0.2) is 23.4 Å². The monoisotopic (exact) mass is 374 g/mol. The molecule has 0 saturated heterocycles. The number of ether oxygens (including phenoxy) is 3. The highest BCUT2D eigenvalue weighted by Crippen LogP contribution is 2.47. The number of carbonyl (C=O) groups is 2. The molecule has 27 heavy (non-hydrogen) atoms. The summed E-state index contributed by atoms with van der Waals surface area (Å²) in [6.07, 6.45) is 2.16. The second-order valence-electron chi connectivity index (χ2n) is 6.90. The zero-order valence-corrected chi connectivity index (χ0v) is 16.5. The van der Waals surface area contributed by atoms with Gasteiger partial charge in [0.05, 0.1) is 21.3 Å². The maximum absolute atomic E-state index is 12.9. The Hall–Kier alpha value is -2.54. The Kier molecular flexibility index (Phi) is 5.41. The van der Waals surface area contributed by atoms with Crippen molar-refractivity contribution in [2.75, 3.05) is 35.4 Å². The second-order valence-corrected chi connectivity index (χ2v) is 6.90. The van der Waals surface area contributed by atoms with Crippen LogP contribution in [-0.4, -0.2) is 57.1 Å². The molecular weight excluding hydrogens is 348 g/mol. The maximum Gasteiger partial charge on any atom is 0.242 e. The number of amides is 1. The first-order chi connectivity index (χ1) is 12.9. The van der Waals surface area contributed by atoms with Crippen molar-refractivity contribution in [2.24, 2.45) is 0 Å². The third-order valence-corrected chi connectivity index (χ3v) is 5.16. The fraction of sp³-hybridized carbons (Fsp3) is 0.500. The molecule has 1 aromatic carbocycles. The van der Waals surface area contributed by atoms with E-state index in [1.165, 1.54) is 0 Å². The fourth-order valence-corrected chi connectivity index (χ4v) is 4.03. The van der Waals surface area contributed by atoms with Crippen LogP contribution >= 0.6 is 0 Å². The van der Waals surface area contributed by atoms with Gasteiger partial charge < -0.3 is 14.2 Å². The molecule has 1 amide bonds. The average Bonchev–Trinajstić information content (AvgIpc) is 2.65. The molecular formula is C20H26N2O5. The van der Waals surface area contributed by atoms with Gasteiger partial charge in [-0.1, -0.05) is 0 Å². The number of hydrazine groups is 1. The summed E-state index contributed by atoms with van der Waals surface area (Å²) >= 11 is 0. The lowest BCUT2D eigenvalue weighted by Crippen LogP contribution is -2.47. The van der Waals surface area contributed by atoms with E-state index < -0.39 is 0 Å². The van der Waals surface area contributed by atoms with Gasteiger partial charge in [0, 0.05) is 55.8 Å². The number of methoxy groups -OCH3 is 3. The largest absolute Gasteiger partial charge is 0.496 e. The van der Waals surface area contributed by atoms with E-state index in [1.54, 1.807) is 37.4 Å². The Labute approximate surface area is 159 Å². The molecule has 0 N–H and O–H groups in total. The van der Waals surface area contributed by atoms with E-state index in [9.17, 15) is 9.59 Å². The van der Waals surface area contributed by atoms with E-state index in [0.717, 1.165) is 17.7 Å². The number of ketones is 1. The molecule has 0 aromatic heterocycles. The van der Waals surface area contributed by atoms with E-state index in [2.05, 4.69) is 0 Å². The van der Waals surface area contributed by atoms with Gasteiger partial charge in [-0.3, -0.25) is 9.59 Å². The number of hydrogen-bond acceptors (Lipinski definition) is 6. The lowest BCUT2D eigenvalue weighted by molar-refractivity contribution is -0.143. The molecule has 146 valence electrons. The Balaban J connectivity index is 2.20. The van der Waals surface area contributed by atoms with Gasteiger partial charge in [-0.25, -0.2) is 10.0 Å². The van der Waals surface area contributed by atoms with Crippen LogP contribution in [0.3, 0.4) is 0 Å². The minimum atomic E-state index is -0.355. The van der Waals surface area contributed by atoms with E-state index in [0.29, 0.717) is 35.7 Å². The lowest BCUT2D eigenvalue weighted by atomic mass is 9.77. The highest BCUT2D eigenvalue weighted by molar-refractivity contribution is 6.01. The minimum Gasteiger partial charge on any atom is -0.496 e. The van der Waals surface area contributed by atoms with Crippen LogP contribution in [0.2, 0.25) is 0 Å². The van der Waals surface area contributed by atoms with Crippen molar-refractivity contribution < 1.29 is 23.8 Å². The summed E-state index contributed by atoms with van der Waals surface area (Å²) in [4.78, 5) is 25.8. The zero-order valence-electron chi connectivity index (χ0n) is 16.5. The Morgan fingerprint density at radius 3 is 2.19 bits per heavy atom. The van der Waals surface area contributed by atoms with Crippen molar-refractivity contribution in [1.82, 2.24) is 10.0 Å². The van der Waals surface area contributed by atoms with E-state index in [-0.39, 0.29) is 24.0 Å². The Morgan fingerprint density at radius 1 is 0.963 bits per heavy atom. The second kappa shape index (κ2) is 7.60. The van der Waals surface area contributed by atoms with E-state index in [1.807, 2.05) is 20.2 Å². The summed E-state index contributed by atoms with van der Waals surface area (Å²) in [7, 11) is 8.32. The third kappa shape index (κ3) is 3.27. The summed E-state index contributed by atoms with van der Waals surface area (Å²) < 4.78 is 16.3. The quantitative estimate of drug-likeness (QED) is 0.789. The molecule has 0 spiro atoms. The molecule has 7 nitrogen and oxygen atoms in total. The molecule has 0 radical (unpaired) electrons. The van der Waals surface area contributed by atoms with Crippen LogP contribution in [0, 0.1) is 0 Å². The molecule has 1 aliphatic heterocycles. The molecule has 1 atom stereocenters. The van der Waals surface area contributed by atoms with Gasteiger partial charge >= 0.3 is 0 Å². The normalized spacial score (nSPS) is 20.1. The number of benzene rings is 1. The predicted molar refractivity (Wildman–Crippen MR) is 99.9 cm³/mol. The number of hydrogen-bond donors (Lipinski definition) is 0. The predicted octanol–water partition coefficient (Wildman–Crippen LogP) is 2.51. The van der Waals surface area contributed by atoms with Crippen molar-refractivity contribution in [3.63, 3.8) is 0 Å². The van der Waals surface area contributed by atoms with Gasteiger partial charge in [-0.2, -0.15) is 0 Å². The smallest absolute Gasteiger partial charge is 0.242 e. The van der Waals surface area contributed by atoms with Gasteiger partial charge in [-0.05, 0) is 18.9 Å². The van der Waals surface area contributed by atoms with Gasteiger partial charge in [0.15, 0.2) is 17.3 Å². The maximum atomic E-state index is 12.9. The summed E-state index contributed by atoms with van der Waals surface area (Å²) in [5, 5.41) is 3.38. The minimum absolute atomic E-state index is 0.0321. The number of rotatable bonds is 5. The van der Waals surface area contributed by atoms with Crippen LogP contribution in [0.5, 0.6) is 17.2 Å². The fourth-order valence-electron chi connectivity index (χ4n) is 4.03. The molecule has 1 aliphatic carbocycles. The number of Topliss-reactive ketones (excluding diaryl/α,β-unsaturated/α-hetero) is 1. The van der Waals surface area contributed by atoms with Crippen LogP contribution in [-0.2, 0) is 9.59 Å². The summed E-state index contributed by atoms with van der Waals surface area (Å²) in [6, 6.07) is 3.55. The van der Waals surface area contributed by atoms with Crippen LogP contribution in [0.1, 0.15) is 37.2 Å². The summed E-state index contributed by atoms with van der Waals surface area (Å²) in [5.41, 5.74) is 2.28. The molecule has 0 saturated carbocycles. The summed E-state index contributed by atoms with van der Waals surface area (Å²) in [5.74, 6) is 1.37. The Bertz CT molecular complexity index is 800. The Morgan fingerprint density at radius 2 is 1.59 bits per heavy atom. The van der Waals surface area contributed by atoms with Crippen LogP contribution < -0.4 is 14.2 Å². The summed E-state index contributed by atoms with van der Waals surface area (Å²) in [6.45, 7) is 0. The first-order valence-corrected chi connectivity index (χ1v) is 8.99. The topological polar surface area (TPSA) is 68.3 Å². The van der Waals surface area contributed by atoms with Crippen molar-refractivity contribution in [1.29, 1.82) is 0 Å². The molecule has 1 aromatic rings. The molecule has 3 rings (SSSR count). The molecule has 1 heterocycles. The highest BCUT2D eigenvalue weighted by Gasteiger charge is 2.41. The lowest BCUT2D eigenvalue weighted by Gasteiger charge is -2.41. The molecule has 0 bridgehead atoms. The number of carbonyl (C=O) groups excluding carboxylic acids is 2. The molecule has 1 unspecified atom stereocenters. The average molecular weight is 374 g/mol. The van der Waals surface area contributed by atoms with Crippen molar-refractivity contribution >= 4 is 11.7 Å². The van der Waals surface area contributed by atoms with Gasteiger partial charge in [0.1, 0.15) is 5.75 Å².